The van der Waals surface area contributed by atoms with Crippen LogP contribution in [0.3, 0.4) is 0 Å². The summed E-state index contributed by atoms with van der Waals surface area (Å²) in [6.07, 6.45) is 5.69. The summed E-state index contributed by atoms with van der Waals surface area (Å²) in [5.41, 5.74) is 3.87. The first-order chi connectivity index (χ1) is 11.8. The van der Waals surface area contributed by atoms with Gasteiger partial charge in [0.15, 0.2) is 0 Å². The molecular weight excluding hydrogens is 294 g/mol. The highest BCUT2D eigenvalue weighted by molar-refractivity contribution is 5.87. The summed E-state index contributed by atoms with van der Waals surface area (Å²) >= 11 is 0. The zero-order valence-corrected chi connectivity index (χ0v) is 14.3. The van der Waals surface area contributed by atoms with Gasteiger partial charge in [0.2, 0.25) is 0 Å². The number of piperidine rings is 1. The number of rotatable bonds is 4. The van der Waals surface area contributed by atoms with Gasteiger partial charge in [0.25, 0.3) is 0 Å². The molecule has 0 atom stereocenters. The predicted molar refractivity (Wildman–Crippen MR) is 100 cm³/mol. The van der Waals surface area contributed by atoms with Crippen molar-refractivity contribution in [3.8, 4) is 11.1 Å². The Hall–Kier alpha value is -2.13. The zero-order chi connectivity index (χ0) is 16.4. The molecule has 4 rings (SSSR count). The van der Waals surface area contributed by atoms with Crippen LogP contribution >= 0.6 is 0 Å². The highest BCUT2D eigenvalue weighted by Gasteiger charge is 2.24. The third-order valence-electron chi connectivity index (χ3n) is 5.26. The maximum absolute atomic E-state index is 4.37. The Morgan fingerprint density at radius 2 is 1.88 bits per heavy atom. The van der Waals surface area contributed by atoms with E-state index in [1.54, 1.807) is 0 Å². The molecular formula is C21H25N3. The van der Waals surface area contributed by atoms with Gasteiger partial charge in [-0.2, -0.15) is 5.10 Å². The molecule has 1 fully saturated rings. The Morgan fingerprint density at radius 3 is 2.67 bits per heavy atom. The molecule has 0 spiro atoms. The molecule has 0 aliphatic carbocycles. The van der Waals surface area contributed by atoms with E-state index in [1.165, 1.54) is 66.5 Å². The molecule has 2 aromatic carbocycles. The normalized spacial score (nSPS) is 16.7. The fourth-order valence-electron chi connectivity index (χ4n) is 3.96. The minimum absolute atomic E-state index is 0.599. The van der Waals surface area contributed by atoms with E-state index in [2.05, 4.69) is 64.5 Å². The molecule has 0 amide bonds. The average Bonchev–Trinajstić information content (AvgIpc) is 3.12. The Balaban J connectivity index is 1.60. The summed E-state index contributed by atoms with van der Waals surface area (Å²) in [5.74, 6) is 0.599. The molecule has 3 heteroatoms. The Labute approximate surface area is 143 Å². The van der Waals surface area contributed by atoms with Crippen molar-refractivity contribution in [2.45, 2.75) is 32.1 Å². The number of fused-ring (bicyclic) bond motifs is 1. The topological polar surface area (TPSA) is 31.9 Å². The monoisotopic (exact) mass is 319 g/mol. The van der Waals surface area contributed by atoms with E-state index in [1.807, 2.05) is 6.20 Å². The van der Waals surface area contributed by atoms with Crippen molar-refractivity contribution in [2.75, 3.05) is 19.6 Å². The minimum atomic E-state index is 0.599. The van der Waals surface area contributed by atoms with Crippen LogP contribution in [0.5, 0.6) is 0 Å². The average molecular weight is 319 g/mol. The molecule has 0 saturated carbocycles. The van der Waals surface area contributed by atoms with Crippen molar-refractivity contribution in [2.24, 2.45) is 0 Å². The fraction of sp³-hybridized carbons (Fsp3) is 0.381. The van der Waals surface area contributed by atoms with Gasteiger partial charge >= 0.3 is 0 Å². The summed E-state index contributed by atoms with van der Waals surface area (Å²) < 4.78 is 0. The Kier molecular flexibility index (Phi) is 4.35. The Bertz CT molecular complexity index is 813. The van der Waals surface area contributed by atoms with Gasteiger partial charge in [-0.15, -0.1) is 0 Å². The van der Waals surface area contributed by atoms with E-state index < -0.39 is 0 Å². The number of benzene rings is 2. The number of aromatic nitrogens is 2. The maximum Gasteiger partial charge on any atom is 0.0568 e. The molecule has 2 heterocycles. The van der Waals surface area contributed by atoms with Gasteiger partial charge in [0.05, 0.1) is 6.20 Å². The summed E-state index contributed by atoms with van der Waals surface area (Å²) in [6.45, 7) is 5.90. The molecule has 1 aliphatic rings. The molecule has 1 saturated heterocycles. The van der Waals surface area contributed by atoms with Crippen LogP contribution in [0.2, 0.25) is 0 Å². The van der Waals surface area contributed by atoms with Crippen LogP contribution in [0.4, 0.5) is 0 Å². The highest BCUT2D eigenvalue weighted by Crippen LogP contribution is 2.34. The molecule has 24 heavy (non-hydrogen) atoms. The minimum Gasteiger partial charge on any atom is -0.303 e. The van der Waals surface area contributed by atoms with E-state index in [-0.39, 0.29) is 0 Å². The smallest absolute Gasteiger partial charge is 0.0568 e. The number of likely N-dealkylation sites (tertiary alicyclic amines) is 1. The first-order valence-electron chi connectivity index (χ1n) is 9.10. The molecule has 1 aromatic heterocycles. The van der Waals surface area contributed by atoms with Crippen LogP contribution in [0, 0.1) is 0 Å². The molecule has 124 valence electrons. The quantitative estimate of drug-likeness (QED) is 0.747. The van der Waals surface area contributed by atoms with Gasteiger partial charge in [-0.25, -0.2) is 0 Å². The van der Waals surface area contributed by atoms with Gasteiger partial charge in [-0.05, 0) is 61.3 Å². The summed E-state index contributed by atoms with van der Waals surface area (Å²) in [6, 6.07) is 15.3. The molecule has 3 nitrogen and oxygen atoms in total. The molecule has 0 unspecified atom stereocenters. The fourth-order valence-corrected chi connectivity index (χ4v) is 3.96. The number of nitrogens with one attached hydrogen (secondary N) is 1. The van der Waals surface area contributed by atoms with Gasteiger partial charge < -0.3 is 4.90 Å². The summed E-state index contributed by atoms with van der Waals surface area (Å²) in [7, 11) is 0. The highest BCUT2D eigenvalue weighted by atomic mass is 15.1. The molecule has 1 aliphatic heterocycles. The van der Waals surface area contributed by atoms with Crippen LogP contribution in [0.15, 0.2) is 48.7 Å². The number of H-pyrrole nitrogens is 1. The van der Waals surface area contributed by atoms with Crippen molar-refractivity contribution in [3.63, 3.8) is 0 Å². The lowest BCUT2D eigenvalue weighted by Gasteiger charge is -2.31. The second-order valence-corrected chi connectivity index (χ2v) is 6.88. The number of aromatic amines is 1. The maximum atomic E-state index is 4.37. The zero-order valence-electron chi connectivity index (χ0n) is 14.3. The van der Waals surface area contributed by atoms with Gasteiger partial charge in [-0.1, -0.05) is 43.3 Å². The van der Waals surface area contributed by atoms with Crippen LogP contribution in [-0.2, 0) is 0 Å². The standard InChI is InChI=1S/C21H25N3/c1-2-11-24-12-9-17(10-13-24)21-20(15-22-23-21)19-8-7-16-5-3-4-6-18(16)14-19/h3-8,14-15,17H,2,9-13H2,1H3,(H,22,23). The van der Waals surface area contributed by atoms with Crippen molar-refractivity contribution in [1.29, 1.82) is 0 Å². The second-order valence-electron chi connectivity index (χ2n) is 6.88. The third-order valence-corrected chi connectivity index (χ3v) is 5.26. The third kappa shape index (κ3) is 2.96. The number of hydrogen-bond acceptors (Lipinski definition) is 2. The van der Waals surface area contributed by atoms with E-state index >= 15 is 0 Å². The van der Waals surface area contributed by atoms with Gasteiger partial charge in [0.1, 0.15) is 0 Å². The number of nitrogens with zero attached hydrogens (tertiary/aromatic N) is 2. The second kappa shape index (κ2) is 6.78. The van der Waals surface area contributed by atoms with Gasteiger partial charge in [-0.3, -0.25) is 5.10 Å². The van der Waals surface area contributed by atoms with Crippen molar-refractivity contribution in [1.82, 2.24) is 15.1 Å². The largest absolute Gasteiger partial charge is 0.303 e. The first kappa shape index (κ1) is 15.4. The molecule has 0 bridgehead atoms. The molecule has 3 aromatic rings. The summed E-state index contributed by atoms with van der Waals surface area (Å²) in [4.78, 5) is 2.59. The SMILES string of the molecule is CCCN1CCC(c2[nH]ncc2-c2ccc3ccccc3c2)CC1. The van der Waals surface area contributed by atoms with E-state index in [0.29, 0.717) is 5.92 Å². The van der Waals surface area contributed by atoms with Crippen LogP contribution in [0.1, 0.15) is 37.8 Å². The van der Waals surface area contributed by atoms with Crippen molar-refractivity contribution >= 4 is 10.8 Å². The predicted octanol–water partition coefficient (Wildman–Crippen LogP) is 4.82. The van der Waals surface area contributed by atoms with Crippen LogP contribution in [-0.4, -0.2) is 34.7 Å². The summed E-state index contributed by atoms with van der Waals surface area (Å²) in [5, 5.41) is 10.3. The van der Waals surface area contributed by atoms with Crippen molar-refractivity contribution < 1.29 is 0 Å². The van der Waals surface area contributed by atoms with Crippen LogP contribution in [0.25, 0.3) is 21.9 Å². The molecule has 0 radical (unpaired) electrons. The number of hydrogen-bond donors (Lipinski definition) is 1. The Morgan fingerprint density at radius 1 is 1.08 bits per heavy atom. The van der Waals surface area contributed by atoms with E-state index in [9.17, 15) is 0 Å². The molecule has 1 N–H and O–H groups in total. The lowest BCUT2D eigenvalue weighted by Crippen LogP contribution is -2.33. The first-order valence-corrected chi connectivity index (χ1v) is 9.10. The van der Waals surface area contributed by atoms with Crippen LogP contribution < -0.4 is 0 Å². The lowest BCUT2D eigenvalue weighted by atomic mass is 9.89. The van der Waals surface area contributed by atoms with Gasteiger partial charge in [0, 0.05) is 17.2 Å². The van der Waals surface area contributed by atoms with E-state index in [0.717, 1.165) is 0 Å². The van der Waals surface area contributed by atoms with Crippen molar-refractivity contribution in [3.05, 3.63) is 54.4 Å². The van der Waals surface area contributed by atoms with E-state index in [4.69, 9.17) is 0 Å². The lowest BCUT2D eigenvalue weighted by molar-refractivity contribution is 0.211.